The lowest BCUT2D eigenvalue weighted by Gasteiger charge is -2.30. The van der Waals surface area contributed by atoms with E-state index in [0.29, 0.717) is 18.1 Å². The van der Waals surface area contributed by atoms with Crippen LogP contribution in [0.3, 0.4) is 0 Å². The van der Waals surface area contributed by atoms with Crippen LogP contribution < -0.4 is 10.6 Å². The van der Waals surface area contributed by atoms with Gasteiger partial charge in [0.05, 0.1) is 6.54 Å². The van der Waals surface area contributed by atoms with Crippen LogP contribution in [-0.4, -0.2) is 36.3 Å². The Balaban J connectivity index is 1.24. The number of fused-ring (bicyclic) bond motifs is 1. The highest BCUT2D eigenvalue weighted by Crippen LogP contribution is 2.23. The normalized spacial score (nSPS) is 15.0. The van der Waals surface area contributed by atoms with E-state index in [4.69, 9.17) is 11.6 Å². The standard InChI is InChI=1S/C25H26ClN3O2/c26-22-10-4-2-7-20(22)16-27-25(31)19-12-14-29(15-13-19)17-24(30)28-23-11-5-8-18-6-1-3-9-21(18)23/h1-11,19H,12-17H2,(H,27,31)(H,28,30). The highest BCUT2D eigenvalue weighted by molar-refractivity contribution is 6.31. The van der Waals surface area contributed by atoms with Gasteiger partial charge in [-0.05, 0) is 49.0 Å². The molecule has 5 nitrogen and oxygen atoms in total. The van der Waals surface area contributed by atoms with Crippen LogP contribution in [0.15, 0.2) is 66.7 Å². The van der Waals surface area contributed by atoms with Gasteiger partial charge in [0.25, 0.3) is 0 Å². The molecule has 160 valence electrons. The molecule has 0 bridgehead atoms. The molecule has 3 aromatic carbocycles. The Bertz CT molecular complexity index is 1070. The molecular weight excluding hydrogens is 410 g/mol. The average molecular weight is 436 g/mol. The van der Waals surface area contributed by atoms with Gasteiger partial charge in [-0.15, -0.1) is 0 Å². The smallest absolute Gasteiger partial charge is 0.238 e. The maximum atomic E-state index is 12.6. The zero-order valence-corrected chi connectivity index (χ0v) is 18.1. The number of rotatable bonds is 6. The Morgan fingerprint density at radius 1 is 0.935 bits per heavy atom. The molecule has 2 N–H and O–H groups in total. The predicted octanol–water partition coefficient (Wildman–Crippen LogP) is 4.46. The fourth-order valence-corrected chi connectivity index (χ4v) is 4.25. The maximum absolute atomic E-state index is 12.6. The van der Waals surface area contributed by atoms with Gasteiger partial charge in [-0.25, -0.2) is 0 Å². The summed E-state index contributed by atoms with van der Waals surface area (Å²) < 4.78 is 0. The van der Waals surface area contributed by atoms with Gasteiger partial charge in [0.1, 0.15) is 0 Å². The quantitative estimate of drug-likeness (QED) is 0.601. The van der Waals surface area contributed by atoms with E-state index in [1.54, 1.807) is 0 Å². The molecule has 3 aromatic rings. The second-order valence-corrected chi connectivity index (χ2v) is 8.34. The second kappa shape index (κ2) is 9.94. The Kier molecular flexibility index (Phi) is 6.85. The molecule has 1 heterocycles. The van der Waals surface area contributed by atoms with Crippen molar-refractivity contribution in [1.82, 2.24) is 10.2 Å². The van der Waals surface area contributed by atoms with Crippen molar-refractivity contribution in [1.29, 1.82) is 0 Å². The number of benzene rings is 3. The number of nitrogens with one attached hydrogen (secondary N) is 2. The monoisotopic (exact) mass is 435 g/mol. The number of piperidine rings is 1. The molecule has 0 aromatic heterocycles. The number of halogens is 1. The Hall–Kier alpha value is -2.89. The van der Waals surface area contributed by atoms with Gasteiger partial charge in [-0.3, -0.25) is 14.5 Å². The zero-order chi connectivity index (χ0) is 21.6. The Labute approximate surface area is 187 Å². The van der Waals surface area contributed by atoms with Crippen LogP contribution in [0.5, 0.6) is 0 Å². The van der Waals surface area contributed by atoms with Crippen molar-refractivity contribution in [3.05, 3.63) is 77.3 Å². The first-order valence-electron chi connectivity index (χ1n) is 10.6. The van der Waals surface area contributed by atoms with Gasteiger partial charge in [-0.1, -0.05) is 66.2 Å². The molecule has 0 radical (unpaired) electrons. The third-order valence-corrected chi connectivity index (χ3v) is 6.17. The van der Waals surface area contributed by atoms with E-state index in [1.807, 2.05) is 66.7 Å². The number of nitrogens with zero attached hydrogens (tertiary/aromatic N) is 1. The highest BCUT2D eigenvalue weighted by atomic mass is 35.5. The van der Waals surface area contributed by atoms with E-state index < -0.39 is 0 Å². The average Bonchev–Trinajstić information content (AvgIpc) is 2.79. The van der Waals surface area contributed by atoms with Crippen LogP contribution in [0, 0.1) is 5.92 Å². The molecule has 2 amide bonds. The molecule has 1 saturated heterocycles. The Morgan fingerprint density at radius 2 is 1.65 bits per heavy atom. The lowest BCUT2D eigenvalue weighted by molar-refractivity contribution is -0.126. The number of likely N-dealkylation sites (tertiary alicyclic amines) is 1. The third-order valence-electron chi connectivity index (χ3n) is 5.80. The molecule has 6 heteroatoms. The summed E-state index contributed by atoms with van der Waals surface area (Å²) in [5, 5.41) is 8.83. The summed E-state index contributed by atoms with van der Waals surface area (Å²) in [6, 6.07) is 21.4. The van der Waals surface area contributed by atoms with Gasteiger partial charge in [0.15, 0.2) is 0 Å². The van der Waals surface area contributed by atoms with E-state index in [-0.39, 0.29) is 17.7 Å². The Morgan fingerprint density at radius 3 is 2.45 bits per heavy atom. The van der Waals surface area contributed by atoms with Crippen LogP contribution in [-0.2, 0) is 16.1 Å². The fourth-order valence-electron chi connectivity index (χ4n) is 4.05. The van der Waals surface area contributed by atoms with E-state index in [0.717, 1.165) is 48.0 Å². The lowest BCUT2D eigenvalue weighted by Crippen LogP contribution is -2.43. The summed E-state index contributed by atoms with van der Waals surface area (Å²) in [6.45, 7) is 2.23. The largest absolute Gasteiger partial charge is 0.352 e. The van der Waals surface area contributed by atoms with Crippen LogP contribution in [0.2, 0.25) is 5.02 Å². The van der Waals surface area contributed by atoms with Crippen LogP contribution in [0.25, 0.3) is 10.8 Å². The van der Waals surface area contributed by atoms with Gasteiger partial charge < -0.3 is 10.6 Å². The summed E-state index contributed by atoms with van der Waals surface area (Å²) in [4.78, 5) is 27.2. The van der Waals surface area contributed by atoms with Crippen molar-refractivity contribution in [2.24, 2.45) is 5.92 Å². The third kappa shape index (κ3) is 5.43. The number of amides is 2. The van der Waals surface area contributed by atoms with E-state index >= 15 is 0 Å². The summed E-state index contributed by atoms with van der Waals surface area (Å²) >= 11 is 6.16. The van der Waals surface area contributed by atoms with Crippen molar-refractivity contribution in [2.75, 3.05) is 25.0 Å². The first-order chi connectivity index (χ1) is 15.1. The summed E-state index contributed by atoms with van der Waals surface area (Å²) in [6.07, 6.45) is 1.49. The van der Waals surface area contributed by atoms with Gasteiger partial charge in [0.2, 0.25) is 11.8 Å². The van der Waals surface area contributed by atoms with Crippen molar-refractivity contribution in [2.45, 2.75) is 19.4 Å². The first-order valence-corrected chi connectivity index (χ1v) is 11.0. The van der Waals surface area contributed by atoms with Gasteiger partial charge in [0, 0.05) is 28.6 Å². The number of carbonyl (C=O) groups is 2. The molecule has 0 aliphatic carbocycles. The number of anilines is 1. The van der Waals surface area contributed by atoms with Gasteiger partial charge in [-0.2, -0.15) is 0 Å². The van der Waals surface area contributed by atoms with E-state index in [1.165, 1.54) is 0 Å². The SMILES string of the molecule is O=C(CN1CCC(C(=O)NCc2ccccc2Cl)CC1)Nc1cccc2ccccc12. The molecule has 1 fully saturated rings. The molecule has 0 unspecified atom stereocenters. The molecule has 0 atom stereocenters. The van der Waals surface area contributed by atoms with E-state index in [2.05, 4.69) is 15.5 Å². The summed E-state index contributed by atoms with van der Waals surface area (Å²) in [5.41, 5.74) is 1.75. The van der Waals surface area contributed by atoms with Gasteiger partial charge >= 0.3 is 0 Å². The van der Waals surface area contributed by atoms with Crippen LogP contribution >= 0.6 is 11.6 Å². The second-order valence-electron chi connectivity index (χ2n) is 7.93. The highest BCUT2D eigenvalue weighted by Gasteiger charge is 2.26. The van der Waals surface area contributed by atoms with Crippen molar-refractivity contribution >= 4 is 39.9 Å². The molecule has 4 rings (SSSR count). The van der Waals surface area contributed by atoms with Crippen molar-refractivity contribution in [3.8, 4) is 0 Å². The molecule has 1 aliphatic rings. The molecule has 31 heavy (non-hydrogen) atoms. The number of hydrogen-bond donors (Lipinski definition) is 2. The minimum Gasteiger partial charge on any atom is -0.352 e. The minimum atomic E-state index is -0.0297. The molecule has 1 aliphatic heterocycles. The topological polar surface area (TPSA) is 61.4 Å². The fraction of sp³-hybridized carbons (Fsp3) is 0.280. The molecule has 0 saturated carbocycles. The minimum absolute atomic E-state index is 0.0279. The van der Waals surface area contributed by atoms with E-state index in [9.17, 15) is 9.59 Å². The van der Waals surface area contributed by atoms with Crippen molar-refractivity contribution in [3.63, 3.8) is 0 Å². The molecule has 0 spiro atoms. The van der Waals surface area contributed by atoms with Crippen LogP contribution in [0.1, 0.15) is 18.4 Å². The maximum Gasteiger partial charge on any atom is 0.238 e. The van der Waals surface area contributed by atoms with Crippen LogP contribution in [0.4, 0.5) is 5.69 Å². The summed E-state index contributed by atoms with van der Waals surface area (Å²) in [5.74, 6) is -0.00221. The number of carbonyl (C=O) groups excluding carboxylic acids is 2. The summed E-state index contributed by atoms with van der Waals surface area (Å²) in [7, 11) is 0. The first kappa shape index (κ1) is 21.3. The predicted molar refractivity (Wildman–Crippen MR) is 125 cm³/mol. The lowest BCUT2D eigenvalue weighted by atomic mass is 9.96. The zero-order valence-electron chi connectivity index (χ0n) is 17.3. The number of hydrogen-bond acceptors (Lipinski definition) is 3. The van der Waals surface area contributed by atoms with Crippen molar-refractivity contribution < 1.29 is 9.59 Å². The molecular formula is C25H26ClN3O2.